The quantitative estimate of drug-likeness (QED) is 0.726. The Morgan fingerprint density at radius 2 is 1.78 bits per heavy atom. The van der Waals surface area contributed by atoms with E-state index >= 15 is 0 Å². The molecule has 0 aromatic carbocycles. The molecule has 2 fully saturated rings. The zero-order valence-electron chi connectivity index (χ0n) is 11.7. The molecule has 5 heteroatoms. The van der Waals surface area contributed by atoms with Crippen molar-refractivity contribution >= 4 is 11.8 Å². The van der Waals surface area contributed by atoms with Crippen LogP contribution in [-0.4, -0.2) is 59.4 Å². The largest absolute Gasteiger partial charge is 0.340 e. The van der Waals surface area contributed by atoms with Gasteiger partial charge in [0, 0.05) is 6.04 Å². The van der Waals surface area contributed by atoms with E-state index in [1.807, 2.05) is 11.8 Å². The van der Waals surface area contributed by atoms with Crippen molar-refractivity contribution in [3.8, 4) is 0 Å². The van der Waals surface area contributed by atoms with Crippen molar-refractivity contribution in [2.75, 3.05) is 20.1 Å². The number of carbonyl (C=O) groups excluding carboxylic acids is 2. The minimum atomic E-state index is -0.771. The minimum absolute atomic E-state index is 0.0430. The Kier molecular flexibility index (Phi) is 3.36. The van der Waals surface area contributed by atoms with Crippen LogP contribution in [0.15, 0.2) is 0 Å². The first-order valence-corrected chi connectivity index (χ1v) is 6.66. The van der Waals surface area contributed by atoms with Gasteiger partial charge in [0.15, 0.2) is 0 Å². The second-order valence-electron chi connectivity index (χ2n) is 6.04. The molecule has 1 unspecified atom stereocenters. The van der Waals surface area contributed by atoms with Crippen LogP contribution in [0, 0.1) is 0 Å². The molecule has 102 valence electrons. The molecule has 0 saturated carbocycles. The van der Waals surface area contributed by atoms with Crippen LogP contribution in [0.3, 0.4) is 0 Å². The molecule has 2 saturated heterocycles. The number of nitrogens with one attached hydrogen (secondary N) is 1. The van der Waals surface area contributed by atoms with Gasteiger partial charge in [-0.15, -0.1) is 0 Å². The summed E-state index contributed by atoms with van der Waals surface area (Å²) in [5.74, 6) is 0.00248. The molecular weight excluding hydrogens is 230 g/mol. The lowest BCUT2D eigenvalue weighted by atomic mass is 9.92. The third kappa shape index (κ3) is 2.23. The number of rotatable bonds is 1. The highest BCUT2D eigenvalue weighted by Gasteiger charge is 2.46. The van der Waals surface area contributed by atoms with Crippen molar-refractivity contribution in [3.63, 3.8) is 0 Å². The molecule has 2 amide bonds. The fourth-order valence-corrected chi connectivity index (χ4v) is 2.85. The lowest BCUT2D eigenvalue weighted by Gasteiger charge is -2.47. The maximum atomic E-state index is 12.5. The predicted molar refractivity (Wildman–Crippen MR) is 69.0 cm³/mol. The van der Waals surface area contributed by atoms with Crippen molar-refractivity contribution in [3.05, 3.63) is 0 Å². The van der Waals surface area contributed by atoms with Crippen molar-refractivity contribution in [2.45, 2.75) is 51.2 Å². The van der Waals surface area contributed by atoms with Gasteiger partial charge >= 0.3 is 0 Å². The normalized spacial score (nSPS) is 30.4. The first kappa shape index (κ1) is 13.3. The molecule has 0 radical (unpaired) electrons. The van der Waals surface area contributed by atoms with Crippen LogP contribution < -0.4 is 5.32 Å². The van der Waals surface area contributed by atoms with Crippen molar-refractivity contribution in [1.29, 1.82) is 0 Å². The van der Waals surface area contributed by atoms with Gasteiger partial charge in [-0.25, -0.2) is 0 Å². The van der Waals surface area contributed by atoms with Crippen LogP contribution in [0.4, 0.5) is 0 Å². The van der Waals surface area contributed by atoms with Gasteiger partial charge in [-0.1, -0.05) is 0 Å². The average molecular weight is 253 g/mol. The van der Waals surface area contributed by atoms with Gasteiger partial charge in [0.05, 0.1) is 0 Å². The third-order valence-electron chi connectivity index (χ3n) is 4.08. The number of amides is 2. The summed E-state index contributed by atoms with van der Waals surface area (Å²) < 4.78 is 0. The van der Waals surface area contributed by atoms with E-state index in [1.165, 1.54) is 0 Å². The molecule has 0 aromatic heterocycles. The van der Waals surface area contributed by atoms with Gasteiger partial charge in [-0.2, -0.15) is 0 Å². The molecule has 0 aromatic rings. The second kappa shape index (κ2) is 4.53. The molecular formula is C13H23N3O2. The van der Waals surface area contributed by atoms with E-state index in [0.717, 1.165) is 25.9 Å². The van der Waals surface area contributed by atoms with Gasteiger partial charge in [0.2, 0.25) is 11.8 Å². The Bertz CT molecular complexity index is 359. The van der Waals surface area contributed by atoms with E-state index < -0.39 is 5.54 Å². The molecule has 18 heavy (non-hydrogen) atoms. The number of hydrogen-bond acceptors (Lipinski definition) is 3. The topological polar surface area (TPSA) is 52.7 Å². The summed E-state index contributed by atoms with van der Waals surface area (Å²) in [5.41, 5.74) is -0.771. The van der Waals surface area contributed by atoms with Gasteiger partial charge in [-0.3, -0.25) is 9.59 Å². The number of likely N-dealkylation sites (tertiary alicyclic amines) is 1. The van der Waals surface area contributed by atoms with Crippen LogP contribution >= 0.6 is 0 Å². The zero-order valence-corrected chi connectivity index (χ0v) is 11.7. The zero-order chi connectivity index (χ0) is 13.5. The van der Waals surface area contributed by atoms with Crippen molar-refractivity contribution in [2.24, 2.45) is 0 Å². The van der Waals surface area contributed by atoms with Gasteiger partial charge in [0.25, 0.3) is 0 Å². The third-order valence-corrected chi connectivity index (χ3v) is 4.08. The average Bonchev–Trinajstić information content (AvgIpc) is 2.29. The van der Waals surface area contributed by atoms with E-state index in [1.54, 1.807) is 13.8 Å². The summed E-state index contributed by atoms with van der Waals surface area (Å²) in [6, 6.07) is -0.145. The maximum Gasteiger partial charge on any atom is 0.248 e. The van der Waals surface area contributed by atoms with Crippen LogP contribution in [0.5, 0.6) is 0 Å². The SMILES string of the molecule is CC1C(=O)NC(C)(C)C(=O)N1C1CCN(C)CC1. The van der Waals surface area contributed by atoms with E-state index in [4.69, 9.17) is 0 Å². The molecule has 2 aliphatic rings. The van der Waals surface area contributed by atoms with E-state index in [2.05, 4.69) is 17.3 Å². The predicted octanol–water partition coefficient (Wildman–Crippen LogP) is 0.206. The maximum absolute atomic E-state index is 12.5. The molecule has 0 aliphatic carbocycles. The van der Waals surface area contributed by atoms with Crippen LogP contribution in [0.1, 0.15) is 33.6 Å². The van der Waals surface area contributed by atoms with Crippen molar-refractivity contribution in [1.82, 2.24) is 15.1 Å². The lowest BCUT2D eigenvalue weighted by molar-refractivity contribution is -0.156. The van der Waals surface area contributed by atoms with Crippen molar-refractivity contribution < 1.29 is 9.59 Å². The molecule has 1 N–H and O–H groups in total. The first-order valence-electron chi connectivity index (χ1n) is 6.66. The molecule has 1 atom stereocenters. The number of nitrogens with zero attached hydrogens (tertiary/aromatic N) is 2. The van der Waals surface area contributed by atoms with E-state index in [0.29, 0.717) is 0 Å². The highest BCUT2D eigenvalue weighted by atomic mass is 16.2. The molecule has 0 spiro atoms. The highest BCUT2D eigenvalue weighted by Crippen LogP contribution is 2.25. The van der Waals surface area contributed by atoms with E-state index in [9.17, 15) is 9.59 Å². The fourth-order valence-electron chi connectivity index (χ4n) is 2.85. The Labute approximate surface area is 108 Å². The second-order valence-corrected chi connectivity index (χ2v) is 6.04. The summed E-state index contributed by atoms with van der Waals surface area (Å²) in [7, 11) is 2.09. The molecule has 5 nitrogen and oxygen atoms in total. The molecule has 2 aliphatic heterocycles. The molecule has 2 rings (SSSR count). The summed E-state index contributed by atoms with van der Waals surface area (Å²) in [6.45, 7) is 7.36. The van der Waals surface area contributed by atoms with Crippen LogP contribution in [0.2, 0.25) is 0 Å². The number of piperazine rings is 1. The summed E-state index contributed by atoms with van der Waals surface area (Å²) in [4.78, 5) is 28.5. The number of hydrogen-bond donors (Lipinski definition) is 1. The molecule has 0 bridgehead atoms. The Morgan fingerprint density at radius 3 is 2.33 bits per heavy atom. The van der Waals surface area contributed by atoms with Crippen LogP contribution in [-0.2, 0) is 9.59 Å². The summed E-state index contributed by atoms with van der Waals surface area (Å²) in [5, 5.41) is 2.79. The van der Waals surface area contributed by atoms with Gasteiger partial charge in [-0.05, 0) is 53.8 Å². The smallest absolute Gasteiger partial charge is 0.248 e. The summed E-state index contributed by atoms with van der Waals surface area (Å²) in [6.07, 6.45) is 1.91. The Morgan fingerprint density at radius 1 is 1.22 bits per heavy atom. The fraction of sp³-hybridized carbons (Fsp3) is 0.846. The van der Waals surface area contributed by atoms with E-state index in [-0.39, 0.29) is 23.9 Å². The standard InChI is InChI=1S/C13H23N3O2/c1-9-11(17)14-13(2,3)12(18)16(9)10-5-7-15(4)8-6-10/h9-10H,5-8H2,1-4H3,(H,14,17). The van der Waals surface area contributed by atoms with Crippen LogP contribution in [0.25, 0.3) is 0 Å². The Balaban J connectivity index is 2.18. The highest BCUT2D eigenvalue weighted by molar-refractivity contribution is 5.99. The number of carbonyl (C=O) groups is 2. The Hall–Kier alpha value is -1.10. The lowest BCUT2D eigenvalue weighted by Crippen LogP contribution is -2.69. The molecule has 2 heterocycles. The monoisotopic (exact) mass is 253 g/mol. The minimum Gasteiger partial charge on any atom is -0.340 e. The first-order chi connectivity index (χ1) is 8.33. The van der Waals surface area contributed by atoms with Gasteiger partial charge in [0.1, 0.15) is 11.6 Å². The summed E-state index contributed by atoms with van der Waals surface area (Å²) >= 11 is 0. The number of piperidine rings is 1. The van der Waals surface area contributed by atoms with Gasteiger partial charge < -0.3 is 15.1 Å².